The van der Waals surface area contributed by atoms with Crippen molar-refractivity contribution in [1.82, 2.24) is 4.90 Å². The van der Waals surface area contributed by atoms with Crippen molar-refractivity contribution >= 4 is 21.9 Å². The Morgan fingerprint density at radius 1 is 1.24 bits per heavy atom. The minimum absolute atomic E-state index is 0.167. The van der Waals surface area contributed by atoms with Gasteiger partial charge in [-0.05, 0) is 12.8 Å². The number of esters is 1. The third-order valence-electron chi connectivity index (χ3n) is 3.20. The topological polar surface area (TPSA) is 90.0 Å². The van der Waals surface area contributed by atoms with Gasteiger partial charge in [0.05, 0.1) is 18.3 Å². The zero-order valence-electron chi connectivity index (χ0n) is 12.5. The molecule has 0 aromatic rings. The van der Waals surface area contributed by atoms with Crippen LogP contribution in [-0.4, -0.2) is 63.7 Å². The summed E-state index contributed by atoms with van der Waals surface area (Å²) in [5.74, 6) is -0.797. The van der Waals surface area contributed by atoms with Gasteiger partial charge in [-0.1, -0.05) is 13.3 Å². The van der Waals surface area contributed by atoms with E-state index in [1.165, 1.54) is 4.90 Å². The molecule has 0 aromatic heterocycles. The number of ether oxygens (including phenoxy) is 2. The number of likely N-dealkylation sites (tertiary alicyclic amines) is 1. The predicted octanol–water partition coefficient (Wildman–Crippen LogP) is 0.833. The summed E-state index contributed by atoms with van der Waals surface area (Å²) in [5.41, 5.74) is 0. The Morgan fingerprint density at radius 3 is 2.57 bits per heavy atom. The van der Waals surface area contributed by atoms with Crippen LogP contribution in [0.3, 0.4) is 0 Å². The second-order valence-electron chi connectivity index (χ2n) is 5.20. The number of amides is 1. The first-order valence-electron chi connectivity index (χ1n) is 7.09. The molecule has 0 saturated carbocycles. The highest BCUT2D eigenvalue weighted by Gasteiger charge is 2.32. The number of unbranched alkanes of at least 4 members (excludes halogenated alkanes) is 1. The van der Waals surface area contributed by atoms with Crippen LogP contribution >= 0.6 is 0 Å². The van der Waals surface area contributed by atoms with Crippen LogP contribution in [0.15, 0.2) is 0 Å². The molecule has 1 unspecified atom stereocenters. The van der Waals surface area contributed by atoms with Crippen molar-refractivity contribution in [2.24, 2.45) is 5.92 Å². The van der Waals surface area contributed by atoms with Gasteiger partial charge in [-0.25, -0.2) is 13.2 Å². The fraction of sp³-hybridized carbons (Fsp3) is 0.846. The van der Waals surface area contributed by atoms with Crippen molar-refractivity contribution in [3.8, 4) is 0 Å². The highest BCUT2D eigenvalue weighted by molar-refractivity contribution is 7.90. The molecule has 1 rings (SSSR count). The van der Waals surface area contributed by atoms with Crippen LogP contribution in [-0.2, 0) is 24.1 Å². The lowest BCUT2D eigenvalue weighted by Crippen LogP contribution is -2.32. The Bertz CT molecular complexity index is 461. The van der Waals surface area contributed by atoms with Crippen molar-refractivity contribution in [3.63, 3.8) is 0 Å². The Hall–Kier alpha value is -1.31. The van der Waals surface area contributed by atoms with Crippen LogP contribution < -0.4 is 0 Å². The summed E-state index contributed by atoms with van der Waals surface area (Å²) >= 11 is 0. The SMILES string of the molecule is CCCCOC(=O)C1CCN(C(=O)OCCS(C)(=O)=O)C1. The molecule has 1 saturated heterocycles. The summed E-state index contributed by atoms with van der Waals surface area (Å²) in [7, 11) is -3.15. The first kappa shape index (κ1) is 17.7. The molecule has 0 radical (unpaired) electrons. The van der Waals surface area contributed by atoms with E-state index in [0.29, 0.717) is 19.6 Å². The minimum atomic E-state index is -3.15. The molecule has 0 spiro atoms. The van der Waals surface area contributed by atoms with Gasteiger partial charge in [0.15, 0.2) is 9.84 Å². The first-order chi connectivity index (χ1) is 9.83. The fourth-order valence-corrected chi connectivity index (χ4v) is 2.31. The molecular weight excluding hydrogens is 298 g/mol. The van der Waals surface area contributed by atoms with E-state index in [0.717, 1.165) is 19.1 Å². The van der Waals surface area contributed by atoms with Crippen LogP contribution in [0.5, 0.6) is 0 Å². The second-order valence-corrected chi connectivity index (χ2v) is 7.46. The maximum atomic E-state index is 11.8. The lowest BCUT2D eigenvalue weighted by Gasteiger charge is -2.16. The third-order valence-corrected chi connectivity index (χ3v) is 4.11. The fourth-order valence-electron chi connectivity index (χ4n) is 1.93. The van der Waals surface area contributed by atoms with Gasteiger partial charge < -0.3 is 14.4 Å². The van der Waals surface area contributed by atoms with E-state index < -0.39 is 15.9 Å². The minimum Gasteiger partial charge on any atom is -0.465 e. The van der Waals surface area contributed by atoms with Crippen molar-refractivity contribution in [2.45, 2.75) is 26.2 Å². The predicted molar refractivity (Wildman–Crippen MR) is 76.6 cm³/mol. The molecule has 1 aliphatic rings. The van der Waals surface area contributed by atoms with Gasteiger partial charge in [-0.3, -0.25) is 4.79 Å². The summed E-state index contributed by atoms with van der Waals surface area (Å²) in [6.45, 7) is 2.94. The third kappa shape index (κ3) is 6.79. The van der Waals surface area contributed by atoms with E-state index in [1.807, 2.05) is 6.92 Å². The zero-order chi connectivity index (χ0) is 15.9. The molecule has 1 heterocycles. The Kier molecular flexibility index (Phi) is 6.94. The molecule has 1 fully saturated rings. The molecule has 7 nitrogen and oxygen atoms in total. The number of sulfone groups is 1. The van der Waals surface area contributed by atoms with E-state index >= 15 is 0 Å². The summed E-state index contributed by atoms with van der Waals surface area (Å²) < 4.78 is 31.9. The number of carbonyl (C=O) groups is 2. The lowest BCUT2D eigenvalue weighted by atomic mass is 10.1. The van der Waals surface area contributed by atoms with Gasteiger partial charge in [0.25, 0.3) is 0 Å². The molecule has 0 aliphatic carbocycles. The average molecular weight is 321 g/mol. The second kappa shape index (κ2) is 8.21. The van der Waals surface area contributed by atoms with Crippen molar-refractivity contribution in [1.29, 1.82) is 0 Å². The lowest BCUT2D eigenvalue weighted by molar-refractivity contribution is -0.148. The molecular formula is C13H23NO6S. The number of nitrogens with zero attached hydrogens (tertiary/aromatic N) is 1. The summed E-state index contributed by atoms with van der Waals surface area (Å²) in [6.07, 6.45) is 2.83. The Morgan fingerprint density at radius 2 is 1.95 bits per heavy atom. The van der Waals surface area contributed by atoms with Crippen LogP contribution in [0, 0.1) is 5.92 Å². The highest BCUT2D eigenvalue weighted by Crippen LogP contribution is 2.18. The van der Waals surface area contributed by atoms with E-state index in [4.69, 9.17) is 9.47 Å². The molecule has 122 valence electrons. The summed E-state index contributed by atoms with van der Waals surface area (Å²) in [6, 6.07) is 0. The molecule has 1 aliphatic heterocycles. The van der Waals surface area contributed by atoms with E-state index in [-0.39, 0.29) is 30.8 Å². The maximum Gasteiger partial charge on any atom is 0.409 e. The van der Waals surface area contributed by atoms with Crippen LogP contribution in [0.1, 0.15) is 26.2 Å². The van der Waals surface area contributed by atoms with Gasteiger partial charge in [-0.2, -0.15) is 0 Å². The number of hydrogen-bond donors (Lipinski definition) is 0. The average Bonchev–Trinajstić information content (AvgIpc) is 2.87. The molecule has 0 aromatic carbocycles. The number of rotatable bonds is 7. The van der Waals surface area contributed by atoms with Crippen LogP contribution in [0.4, 0.5) is 4.79 Å². The number of hydrogen-bond acceptors (Lipinski definition) is 6. The largest absolute Gasteiger partial charge is 0.465 e. The molecule has 8 heteroatoms. The molecule has 1 atom stereocenters. The first-order valence-corrected chi connectivity index (χ1v) is 9.15. The molecule has 21 heavy (non-hydrogen) atoms. The summed E-state index contributed by atoms with van der Waals surface area (Å²) in [4.78, 5) is 24.9. The molecule has 0 bridgehead atoms. The van der Waals surface area contributed by atoms with Crippen molar-refractivity contribution < 1.29 is 27.5 Å². The zero-order valence-corrected chi connectivity index (χ0v) is 13.4. The smallest absolute Gasteiger partial charge is 0.409 e. The van der Waals surface area contributed by atoms with Crippen molar-refractivity contribution in [2.75, 3.05) is 38.3 Å². The summed E-state index contributed by atoms with van der Waals surface area (Å²) in [5, 5.41) is 0. The standard InChI is InChI=1S/C13H23NO6S/c1-3-4-7-19-12(15)11-5-6-14(10-11)13(16)20-8-9-21(2,17)18/h11H,3-10H2,1-2H3. The van der Waals surface area contributed by atoms with Gasteiger partial charge >= 0.3 is 12.1 Å². The Balaban J connectivity index is 2.29. The molecule has 1 amide bonds. The maximum absolute atomic E-state index is 11.8. The molecule has 0 N–H and O–H groups in total. The van der Waals surface area contributed by atoms with Crippen molar-refractivity contribution in [3.05, 3.63) is 0 Å². The van der Waals surface area contributed by atoms with E-state index in [2.05, 4.69) is 0 Å². The monoisotopic (exact) mass is 321 g/mol. The Labute approximate surface area is 125 Å². The van der Waals surface area contributed by atoms with Gasteiger partial charge in [0.1, 0.15) is 6.61 Å². The van der Waals surface area contributed by atoms with E-state index in [9.17, 15) is 18.0 Å². The van der Waals surface area contributed by atoms with Crippen LogP contribution in [0.2, 0.25) is 0 Å². The number of carbonyl (C=O) groups excluding carboxylic acids is 2. The van der Waals surface area contributed by atoms with Gasteiger partial charge in [0, 0.05) is 19.3 Å². The van der Waals surface area contributed by atoms with Crippen LogP contribution in [0.25, 0.3) is 0 Å². The van der Waals surface area contributed by atoms with Gasteiger partial charge in [0.2, 0.25) is 0 Å². The normalized spacial score (nSPS) is 18.6. The highest BCUT2D eigenvalue weighted by atomic mass is 32.2. The van der Waals surface area contributed by atoms with E-state index in [1.54, 1.807) is 0 Å². The quantitative estimate of drug-likeness (QED) is 0.510. The van der Waals surface area contributed by atoms with Gasteiger partial charge in [-0.15, -0.1) is 0 Å².